The molecule has 1 aliphatic carbocycles. The van der Waals surface area contributed by atoms with Crippen molar-refractivity contribution in [3.05, 3.63) is 30.5 Å². The van der Waals surface area contributed by atoms with Gasteiger partial charge in [-0.15, -0.1) is 0 Å². The van der Waals surface area contributed by atoms with Gasteiger partial charge in [0, 0.05) is 29.1 Å². The Morgan fingerprint density at radius 1 is 1.17 bits per heavy atom. The van der Waals surface area contributed by atoms with Gasteiger partial charge in [0.15, 0.2) is 0 Å². The van der Waals surface area contributed by atoms with Crippen LogP contribution in [0.25, 0.3) is 10.9 Å². The molecule has 3 nitrogen and oxygen atoms in total. The van der Waals surface area contributed by atoms with Crippen LogP contribution in [-0.4, -0.2) is 11.0 Å². The van der Waals surface area contributed by atoms with Crippen molar-refractivity contribution < 1.29 is 0 Å². The Morgan fingerprint density at radius 2 is 1.94 bits per heavy atom. The molecule has 0 saturated heterocycles. The molecule has 3 rings (SSSR count). The van der Waals surface area contributed by atoms with Crippen molar-refractivity contribution in [2.24, 2.45) is 5.92 Å². The van der Waals surface area contributed by atoms with Gasteiger partial charge in [-0.25, -0.2) is 0 Å². The van der Waals surface area contributed by atoms with Gasteiger partial charge < -0.3 is 10.3 Å². The fourth-order valence-corrected chi connectivity index (χ4v) is 2.78. The molecule has 0 spiro atoms. The normalized spacial score (nSPS) is 23.7. The maximum Gasteiger partial charge on any atom is 0.0655 e. The predicted octanol–water partition coefficient (Wildman–Crippen LogP) is 3.66. The van der Waals surface area contributed by atoms with Gasteiger partial charge in [-0.3, -0.25) is 0 Å². The lowest BCUT2D eigenvalue weighted by atomic mass is 9.87. The van der Waals surface area contributed by atoms with Gasteiger partial charge in [-0.2, -0.15) is 5.26 Å². The molecular weight excluding hydrogens is 222 g/mol. The van der Waals surface area contributed by atoms with Gasteiger partial charge in [0.2, 0.25) is 0 Å². The fourth-order valence-electron chi connectivity index (χ4n) is 2.78. The summed E-state index contributed by atoms with van der Waals surface area (Å²) in [6.45, 7) is 0. The highest BCUT2D eigenvalue weighted by Crippen LogP contribution is 2.29. The van der Waals surface area contributed by atoms with Crippen LogP contribution in [0.2, 0.25) is 0 Å². The number of para-hydroxylation sites is 1. The van der Waals surface area contributed by atoms with E-state index in [-0.39, 0.29) is 5.92 Å². The number of nitrogens with zero attached hydrogens (tertiary/aromatic N) is 1. The molecule has 0 bridgehead atoms. The van der Waals surface area contributed by atoms with Crippen molar-refractivity contribution >= 4 is 16.6 Å². The third-order valence-electron chi connectivity index (χ3n) is 3.86. The van der Waals surface area contributed by atoms with E-state index in [1.165, 1.54) is 16.6 Å². The summed E-state index contributed by atoms with van der Waals surface area (Å²) >= 11 is 0. The topological polar surface area (TPSA) is 51.6 Å². The number of fused-ring (bicyclic) bond motifs is 1. The summed E-state index contributed by atoms with van der Waals surface area (Å²) in [4.78, 5) is 3.28. The van der Waals surface area contributed by atoms with E-state index in [2.05, 4.69) is 34.6 Å². The highest BCUT2D eigenvalue weighted by atomic mass is 14.9. The van der Waals surface area contributed by atoms with Crippen LogP contribution in [0.1, 0.15) is 25.7 Å². The van der Waals surface area contributed by atoms with Crippen molar-refractivity contribution in [2.45, 2.75) is 31.7 Å². The summed E-state index contributed by atoms with van der Waals surface area (Å²) in [5.74, 6) is 0.269. The van der Waals surface area contributed by atoms with Crippen LogP contribution in [0, 0.1) is 17.2 Å². The van der Waals surface area contributed by atoms with Crippen molar-refractivity contribution in [1.82, 2.24) is 4.98 Å². The first-order valence-corrected chi connectivity index (χ1v) is 6.59. The van der Waals surface area contributed by atoms with Crippen LogP contribution in [0.4, 0.5) is 5.69 Å². The van der Waals surface area contributed by atoms with E-state index in [0.717, 1.165) is 25.7 Å². The lowest BCUT2D eigenvalue weighted by Crippen LogP contribution is -2.25. The zero-order valence-corrected chi connectivity index (χ0v) is 10.3. The molecule has 1 aromatic heterocycles. The van der Waals surface area contributed by atoms with Gasteiger partial charge >= 0.3 is 0 Å². The summed E-state index contributed by atoms with van der Waals surface area (Å²) < 4.78 is 0. The molecule has 1 aliphatic rings. The van der Waals surface area contributed by atoms with E-state index >= 15 is 0 Å². The monoisotopic (exact) mass is 239 g/mol. The molecule has 0 aliphatic heterocycles. The van der Waals surface area contributed by atoms with E-state index in [1.807, 2.05) is 12.3 Å². The van der Waals surface area contributed by atoms with Crippen molar-refractivity contribution in [3.8, 4) is 6.07 Å². The van der Waals surface area contributed by atoms with E-state index < -0.39 is 0 Å². The van der Waals surface area contributed by atoms with Crippen molar-refractivity contribution in [1.29, 1.82) is 5.26 Å². The van der Waals surface area contributed by atoms with E-state index in [9.17, 15) is 0 Å². The number of hydrogen-bond acceptors (Lipinski definition) is 2. The van der Waals surface area contributed by atoms with Gasteiger partial charge in [-0.05, 0) is 31.7 Å². The molecule has 1 fully saturated rings. The van der Waals surface area contributed by atoms with E-state index in [1.54, 1.807) is 0 Å². The van der Waals surface area contributed by atoms with Crippen LogP contribution < -0.4 is 5.32 Å². The zero-order valence-electron chi connectivity index (χ0n) is 10.3. The maximum atomic E-state index is 8.90. The minimum absolute atomic E-state index is 0.269. The van der Waals surface area contributed by atoms with Crippen molar-refractivity contribution in [2.75, 3.05) is 5.32 Å². The third kappa shape index (κ3) is 2.06. The number of aromatic nitrogens is 1. The highest BCUT2D eigenvalue weighted by Gasteiger charge is 2.21. The Bertz CT molecular complexity index is 571. The summed E-state index contributed by atoms with van der Waals surface area (Å²) in [5, 5.41) is 13.8. The Hall–Kier alpha value is -1.95. The second-order valence-electron chi connectivity index (χ2n) is 5.07. The zero-order chi connectivity index (χ0) is 12.4. The molecule has 92 valence electrons. The number of nitriles is 1. The molecule has 0 radical (unpaired) electrons. The number of benzene rings is 1. The number of anilines is 1. The first kappa shape index (κ1) is 11.2. The van der Waals surface area contributed by atoms with Crippen LogP contribution in [0.3, 0.4) is 0 Å². The lowest BCUT2D eigenvalue weighted by molar-refractivity contribution is 0.398. The second kappa shape index (κ2) is 4.73. The fraction of sp³-hybridized carbons (Fsp3) is 0.400. The standard InChI is InChI=1S/C15H17N3/c16-9-11-5-7-12(8-6-11)18-15-10-17-14-4-2-1-3-13(14)15/h1-4,10-12,17-18H,5-8H2. The number of aromatic amines is 1. The van der Waals surface area contributed by atoms with E-state index in [0.29, 0.717) is 6.04 Å². The number of hydrogen-bond donors (Lipinski definition) is 2. The molecular formula is C15H17N3. The van der Waals surface area contributed by atoms with Gasteiger partial charge in [0.05, 0.1) is 11.8 Å². The molecule has 1 saturated carbocycles. The molecule has 0 amide bonds. The Labute approximate surface area is 107 Å². The average molecular weight is 239 g/mol. The molecule has 2 N–H and O–H groups in total. The molecule has 1 heterocycles. The number of rotatable bonds is 2. The molecule has 3 heteroatoms. The first-order valence-electron chi connectivity index (χ1n) is 6.59. The highest BCUT2D eigenvalue weighted by molar-refractivity contribution is 5.92. The summed E-state index contributed by atoms with van der Waals surface area (Å²) in [6, 6.07) is 11.2. The number of H-pyrrole nitrogens is 1. The van der Waals surface area contributed by atoms with E-state index in [4.69, 9.17) is 5.26 Å². The summed E-state index contributed by atoms with van der Waals surface area (Å²) in [5.41, 5.74) is 2.36. The summed E-state index contributed by atoms with van der Waals surface area (Å²) in [7, 11) is 0. The summed E-state index contributed by atoms with van der Waals surface area (Å²) in [6.07, 6.45) is 6.28. The van der Waals surface area contributed by atoms with Gasteiger partial charge in [0.25, 0.3) is 0 Å². The average Bonchev–Trinajstić information content (AvgIpc) is 2.83. The Kier molecular flexibility index (Phi) is 2.93. The first-order chi connectivity index (χ1) is 8.86. The maximum absolute atomic E-state index is 8.90. The SMILES string of the molecule is N#CC1CCC(Nc2c[nH]c3ccccc23)CC1. The van der Waals surface area contributed by atoms with Gasteiger partial charge in [0.1, 0.15) is 0 Å². The molecule has 1 aromatic carbocycles. The molecule has 0 unspecified atom stereocenters. The Morgan fingerprint density at radius 3 is 2.72 bits per heavy atom. The molecule has 2 aromatic rings. The van der Waals surface area contributed by atoms with Gasteiger partial charge in [-0.1, -0.05) is 18.2 Å². The predicted molar refractivity (Wildman–Crippen MR) is 73.3 cm³/mol. The van der Waals surface area contributed by atoms with Crippen LogP contribution in [0.15, 0.2) is 30.5 Å². The van der Waals surface area contributed by atoms with Crippen LogP contribution in [0.5, 0.6) is 0 Å². The number of nitrogens with one attached hydrogen (secondary N) is 2. The third-order valence-corrected chi connectivity index (χ3v) is 3.86. The quantitative estimate of drug-likeness (QED) is 0.840. The molecule has 0 atom stereocenters. The smallest absolute Gasteiger partial charge is 0.0655 e. The lowest BCUT2D eigenvalue weighted by Gasteiger charge is -2.26. The Balaban J connectivity index is 1.72. The van der Waals surface area contributed by atoms with Crippen molar-refractivity contribution in [3.63, 3.8) is 0 Å². The minimum atomic E-state index is 0.269. The second-order valence-corrected chi connectivity index (χ2v) is 5.07. The van der Waals surface area contributed by atoms with Crippen LogP contribution >= 0.6 is 0 Å². The minimum Gasteiger partial charge on any atom is -0.381 e. The van der Waals surface area contributed by atoms with Crippen LogP contribution in [-0.2, 0) is 0 Å². The molecule has 18 heavy (non-hydrogen) atoms. The largest absolute Gasteiger partial charge is 0.381 e.